The smallest absolute Gasteiger partial charge is 0.136 e. The molecule has 0 aliphatic carbocycles. The Balaban J connectivity index is 4.44. The van der Waals surface area contributed by atoms with Crippen molar-refractivity contribution >= 4 is 5.78 Å². The van der Waals surface area contributed by atoms with Crippen molar-refractivity contribution in [3.05, 3.63) is 11.6 Å². The van der Waals surface area contributed by atoms with E-state index in [9.17, 15) is 9.90 Å². The summed E-state index contributed by atoms with van der Waals surface area (Å²) in [4.78, 5) is 11.6. The van der Waals surface area contributed by atoms with Crippen LogP contribution in [-0.2, 0) is 4.79 Å². The first-order chi connectivity index (χ1) is 9.47. The minimum absolute atomic E-state index is 0.312. The highest BCUT2D eigenvalue weighted by Crippen LogP contribution is 2.26. The number of rotatable bonds is 12. The molecule has 0 aliphatic heterocycles. The molecule has 0 heterocycles. The maximum Gasteiger partial charge on any atom is 0.136 e. The molecular formula is C18H34O2. The van der Waals surface area contributed by atoms with Crippen LogP contribution in [0.5, 0.6) is 0 Å². The van der Waals surface area contributed by atoms with Gasteiger partial charge in [-0.1, -0.05) is 58.1 Å². The molecule has 1 N–H and O–H groups in total. The van der Waals surface area contributed by atoms with Crippen LogP contribution in [0.15, 0.2) is 11.6 Å². The number of carbonyl (C=O) groups excluding carboxylic acids is 1. The quantitative estimate of drug-likeness (QED) is 0.500. The Kier molecular flexibility index (Phi) is 10.7. The van der Waals surface area contributed by atoms with Crippen LogP contribution >= 0.6 is 0 Å². The van der Waals surface area contributed by atoms with Crippen molar-refractivity contribution in [3.8, 4) is 0 Å². The number of hydrogen-bond acceptors (Lipinski definition) is 2. The van der Waals surface area contributed by atoms with Gasteiger partial charge in [-0.15, -0.1) is 0 Å². The molecule has 0 aliphatic rings. The molecule has 0 rings (SSSR count). The molecule has 118 valence electrons. The van der Waals surface area contributed by atoms with Gasteiger partial charge in [0.2, 0.25) is 0 Å². The first kappa shape index (κ1) is 19.4. The second-order valence-corrected chi connectivity index (χ2v) is 6.15. The summed E-state index contributed by atoms with van der Waals surface area (Å²) in [5.74, 6) is 0.312. The molecule has 0 radical (unpaired) electrons. The van der Waals surface area contributed by atoms with Crippen LogP contribution in [0, 0.1) is 0 Å². The summed E-state index contributed by atoms with van der Waals surface area (Å²) in [6.07, 6.45) is 11.0. The van der Waals surface area contributed by atoms with Gasteiger partial charge in [0.25, 0.3) is 0 Å². The maximum atomic E-state index is 11.6. The second kappa shape index (κ2) is 11.1. The third-order valence-corrected chi connectivity index (χ3v) is 3.83. The number of hydrogen-bond donors (Lipinski definition) is 1. The van der Waals surface area contributed by atoms with Gasteiger partial charge in [-0.2, -0.15) is 0 Å². The van der Waals surface area contributed by atoms with Crippen LogP contribution in [0.4, 0.5) is 0 Å². The highest BCUT2D eigenvalue weighted by Gasteiger charge is 2.24. The molecule has 20 heavy (non-hydrogen) atoms. The van der Waals surface area contributed by atoms with Gasteiger partial charge >= 0.3 is 0 Å². The van der Waals surface area contributed by atoms with Crippen molar-refractivity contribution in [3.63, 3.8) is 0 Å². The Morgan fingerprint density at radius 3 is 2.05 bits per heavy atom. The lowest BCUT2D eigenvalue weighted by molar-refractivity contribution is -0.118. The van der Waals surface area contributed by atoms with Crippen LogP contribution in [0.1, 0.15) is 91.9 Å². The summed E-state index contributed by atoms with van der Waals surface area (Å²) in [5.41, 5.74) is 0.538. The molecule has 0 spiro atoms. The zero-order valence-electron chi connectivity index (χ0n) is 14.0. The predicted molar refractivity (Wildman–Crippen MR) is 86.9 cm³/mol. The largest absolute Gasteiger partial charge is 0.390 e. The first-order valence-corrected chi connectivity index (χ1v) is 8.37. The molecule has 0 aromatic rings. The van der Waals surface area contributed by atoms with E-state index in [1.54, 1.807) is 0 Å². The monoisotopic (exact) mass is 282 g/mol. The molecule has 0 atom stereocenters. The third-order valence-electron chi connectivity index (χ3n) is 3.83. The van der Waals surface area contributed by atoms with E-state index in [-0.39, 0.29) is 0 Å². The van der Waals surface area contributed by atoms with E-state index in [1.807, 2.05) is 13.8 Å². The zero-order valence-corrected chi connectivity index (χ0v) is 14.0. The van der Waals surface area contributed by atoms with E-state index < -0.39 is 5.60 Å². The molecule has 2 heteroatoms. The van der Waals surface area contributed by atoms with E-state index in [0.717, 1.165) is 50.5 Å². The summed E-state index contributed by atoms with van der Waals surface area (Å²) in [6.45, 7) is 8.36. The number of aliphatic hydroxyl groups is 1. The number of Topliss-reactive ketones (excluding diaryl/α,β-unsaturated/α-hetero) is 1. The fourth-order valence-electron chi connectivity index (χ4n) is 2.46. The van der Waals surface area contributed by atoms with Crippen LogP contribution in [-0.4, -0.2) is 16.5 Å². The average Bonchev–Trinajstić information content (AvgIpc) is 2.41. The number of unbranched alkanes of at least 4 members (excludes halogenated alkanes) is 2. The Hall–Kier alpha value is -0.630. The summed E-state index contributed by atoms with van der Waals surface area (Å²) in [6, 6.07) is 0. The van der Waals surface area contributed by atoms with Crippen molar-refractivity contribution in [1.82, 2.24) is 0 Å². The van der Waals surface area contributed by atoms with Gasteiger partial charge in [0.1, 0.15) is 5.78 Å². The molecular weight excluding hydrogens is 248 g/mol. The SMILES string of the molecule is CCCCC(O)(CC=C(C)CC(=O)CCC)CCCC. The molecule has 0 aromatic heterocycles. The number of carbonyl (C=O) groups is 1. The Bertz CT molecular complexity index is 284. The second-order valence-electron chi connectivity index (χ2n) is 6.15. The van der Waals surface area contributed by atoms with E-state index in [0.29, 0.717) is 25.0 Å². The lowest BCUT2D eigenvalue weighted by Crippen LogP contribution is -2.28. The Morgan fingerprint density at radius 2 is 1.60 bits per heavy atom. The lowest BCUT2D eigenvalue weighted by atomic mass is 9.87. The highest BCUT2D eigenvalue weighted by atomic mass is 16.3. The summed E-state index contributed by atoms with van der Waals surface area (Å²) in [7, 11) is 0. The number of ketones is 1. The highest BCUT2D eigenvalue weighted by molar-refractivity contribution is 5.80. The van der Waals surface area contributed by atoms with Crippen LogP contribution in [0.2, 0.25) is 0 Å². The minimum Gasteiger partial charge on any atom is -0.390 e. The number of allylic oxidation sites excluding steroid dienone is 1. The van der Waals surface area contributed by atoms with E-state index in [4.69, 9.17) is 0 Å². The van der Waals surface area contributed by atoms with Gasteiger partial charge in [-0.05, 0) is 32.6 Å². The van der Waals surface area contributed by atoms with Crippen molar-refractivity contribution in [2.24, 2.45) is 0 Å². The molecule has 0 amide bonds. The van der Waals surface area contributed by atoms with Crippen molar-refractivity contribution in [2.45, 2.75) is 97.5 Å². The summed E-state index contributed by atoms with van der Waals surface area (Å²) < 4.78 is 0. The fraction of sp³-hybridized carbons (Fsp3) is 0.833. The van der Waals surface area contributed by atoms with Crippen LogP contribution in [0.3, 0.4) is 0 Å². The van der Waals surface area contributed by atoms with Gasteiger partial charge < -0.3 is 5.11 Å². The van der Waals surface area contributed by atoms with Crippen molar-refractivity contribution in [2.75, 3.05) is 0 Å². The van der Waals surface area contributed by atoms with Gasteiger partial charge in [0.05, 0.1) is 5.60 Å². The molecule has 2 nitrogen and oxygen atoms in total. The lowest BCUT2D eigenvalue weighted by Gasteiger charge is -2.27. The predicted octanol–water partition coefficient (Wildman–Crippen LogP) is 5.19. The average molecular weight is 282 g/mol. The molecule has 0 fully saturated rings. The van der Waals surface area contributed by atoms with Crippen molar-refractivity contribution < 1.29 is 9.90 Å². The van der Waals surface area contributed by atoms with Gasteiger partial charge in [-0.3, -0.25) is 4.79 Å². The fourth-order valence-corrected chi connectivity index (χ4v) is 2.46. The standard InChI is InChI=1S/C18H34O2/c1-5-8-12-18(20,13-9-6-2)14-11-16(4)15-17(19)10-7-3/h11,20H,5-10,12-15H2,1-4H3. The minimum atomic E-state index is -0.568. The van der Waals surface area contributed by atoms with Gasteiger partial charge in [0.15, 0.2) is 0 Å². The molecule has 0 bridgehead atoms. The summed E-state index contributed by atoms with van der Waals surface area (Å²) >= 11 is 0. The van der Waals surface area contributed by atoms with E-state index >= 15 is 0 Å². The summed E-state index contributed by atoms with van der Waals surface area (Å²) in [5, 5.41) is 10.7. The van der Waals surface area contributed by atoms with Crippen LogP contribution in [0.25, 0.3) is 0 Å². The zero-order chi connectivity index (χ0) is 15.4. The third kappa shape index (κ3) is 9.30. The molecule has 0 aromatic carbocycles. The van der Waals surface area contributed by atoms with Gasteiger partial charge in [-0.25, -0.2) is 0 Å². The van der Waals surface area contributed by atoms with Crippen LogP contribution < -0.4 is 0 Å². The van der Waals surface area contributed by atoms with Gasteiger partial charge in [0, 0.05) is 12.8 Å². The maximum absolute atomic E-state index is 11.6. The topological polar surface area (TPSA) is 37.3 Å². The van der Waals surface area contributed by atoms with E-state index in [1.165, 1.54) is 0 Å². The normalized spacial score (nSPS) is 12.8. The Labute approximate surface area is 125 Å². The molecule has 0 saturated carbocycles. The van der Waals surface area contributed by atoms with E-state index in [2.05, 4.69) is 19.9 Å². The molecule has 0 unspecified atom stereocenters. The first-order valence-electron chi connectivity index (χ1n) is 8.37. The van der Waals surface area contributed by atoms with Crippen molar-refractivity contribution in [1.29, 1.82) is 0 Å². The Morgan fingerprint density at radius 1 is 1.05 bits per heavy atom. The molecule has 0 saturated heterocycles.